The van der Waals surface area contributed by atoms with Crippen molar-refractivity contribution in [3.8, 4) is 17.6 Å². The van der Waals surface area contributed by atoms with Gasteiger partial charge in [0.15, 0.2) is 0 Å². The van der Waals surface area contributed by atoms with Crippen molar-refractivity contribution in [2.24, 2.45) is 17.6 Å². The van der Waals surface area contributed by atoms with Crippen LogP contribution in [0.2, 0.25) is 0 Å². The molecule has 7 atom stereocenters. The summed E-state index contributed by atoms with van der Waals surface area (Å²) in [5.74, 6) is 1.53. The smallest absolute Gasteiger partial charge is 0.329 e. The van der Waals surface area contributed by atoms with Gasteiger partial charge in [-0.15, -0.1) is 0 Å². The molecule has 9 rings (SSSR count). The molecule has 0 aliphatic carbocycles. The molecule has 3 saturated heterocycles. The number of nitrogens with one attached hydrogen (secondary N) is 2. The van der Waals surface area contributed by atoms with Crippen LogP contribution in [0.3, 0.4) is 0 Å². The topological polar surface area (TPSA) is 239 Å². The number of rotatable bonds is 12. The van der Waals surface area contributed by atoms with E-state index >= 15 is 19.2 Å². The minimum absolute atomic E-state index is 0.0578. The Hall–Kier alpha value is -8.34. The van der Waals surface area contributed by atoms with Crippen LogP contribution in [-0.2, 0) is 34.1 Å². The number of hydrogen-bond acceptors (Lipinski definition) is 14. The Morgan fingerprint density at radius 2 is 1.55 bits per heavy atom. The number of urea groups is 2. The van der Waals surface area contributed by atoms with Crippen LogP contribution in [0.25, 0.3) is 0 Å². The molecule has 4 aliphatic heterocycles. The quantitative estimate of drug-likeness (QED) is 0.103. The van der Waals surface area contributed by atoms with Crippen LogP contribution >= 0.6 is 0 Å². The molecule has 19 nitrogen and oxygen atoms in total. The lowest BCUT2D eigenvalue weighted by Crippen LogP contribution is -2.60. The number of nitrogens with zero attached hydrogens (tertiary/aromatic N) is 6. The van der Waals surface area contributed by atoms with Gasteiger partial charge in [0.1, 0.15) is 36.0 Å². The van der Waals surface area contributed by atoms with E-state index in [0.717, 1.165) is 4.90 Å². The lowest BCUT2D eigenvalue weighted by atomic mass is 9.64. The zero-order chi connectivity index (χ0) is 51.4. The summed E-state index contributed by atoms with van der Waals surface area (Å²) in [7, 11) is 1.19. The van der Waals surface area contributed by atoms with Crippen molar-refractivity contribution in [3.63, 3.8) is 0 Å². The molecule has 3 fully saturated rings. The van der Waals surface area contributed by atoms with E-state index in [1.165, 1.54) is 13.2 Å². The molecule has 4 aliphatic rings. The molecule has 5 N–H and O–H groups in total. The van der Waals surface area contributed by atoms with Gasteiger partial charge in [-0.25, -0.2) is 29.3 Å². The van der Waals surface area contributed by atoms with Crippen molar-refractivity contribution in [1.82, 2.24) is 30.4 Å². The summed E-state index contributed by atoms with van der Waals surface area (Å²) < 4.78 is 18.1. The van der Waals surface area contributed by atoms with Crippen molar-refractivity contribution >= 4 is 47.5 Å². The molecule has 19 heteroatoms. The minimum Gasteiger partial charge on any atom is -0.491 e. The van der Waals surface area contributed by atoms with E-state index in [9.17, 15) is 14.7 Å². The number of aliphatic hydroxyl groups is 1. The third-order valence-electron chi connectivity index (χ3n) is 13.9. The monoisotopic (exact) mass is 989 g/mol. The second-order valence-electron chi connectivity index (χ2n) is 18.3. The van der Waals surface area contributed by atoms with Gasteiger partial charge in [0.05, 0.1) is 44.0 Å². The Morgan fingerprint density at radius 3 is 2.21 bits per heavy atom. The number of methoxy groups -OCH3 is 1. The largest absolute Gasteiger partial charge is 0.491 e. The SMILES string of the molecule is COC(=O)[C@@H](NC(=O)N1C(=O)[C@@]2(c3cc(C#CCNC(N)=O)ccc31)[C@H](C(=O)N1CCN(c3ncccn3)CC1)[C@H]1C(=O)O[C@H](c3ccccc3)[C@H](c3ccccc3)N1[C@@H]2c1ccccc1OCCO)C(C)C. The van der Waals surface area contributed by atoms with E-state index in [1.807, 2.05) is 70.5 Å². The minimum atomic E-state index is -2.20. The van der Waals surface area contributed by atoms with Crippen LogP contribution < -0.4 is 30.9 Å². The zero-order valence-electron chi connectivity index (χ0n) is 40.4. The summed E-state index contributed by atoms with van der Waals surface area (Å²) in [4.78, 5) is 104. The number of carbonyl (C=O) groups excluding carboxylic acids is 6. The molecule has 73 heavy (non-hydrogen) atoms. The highest BCUT2D eigenvalue weighted by atomic mass is 16.6. The molecule has 0 saturated carbocycles. The summed E-state index contributed by atoms with van der Waals surface area (Å²) in [6.07, 6.45) is 2.26. The number of fused-ring (bicyclic) bond motifs is 3. The van der Waals surface area contributed by atoms with Crippen LogP contribution in [0.15, 0.2) is 122 Å². The summed E-state index contributed by atoms with van der Waals surface area (Å²) >= 11 is 0. The number of para-hydroxylation sites is 1. The van der Waals surface area contributed by atoms with Gasteiger partial charge in [0, 0.05) is 49.7 Å². The predicted molar refractivity (Wildman–Crippen MR) is 265 cm³/mol. The number of esters is 2. The number of primary amides is 1. The number of ether oxygens (including phenoxy) is 3. The Labute approximate surface area is 421 Å². The van der Waals surface area contributed by atoms with Gasteiger partial charge in [-0.2, -0.15) is 0 Å². The Bertz CT molecular complexity index is 2950. The van der Waals surface area contributed by atoms with Crippen molar-refractivity contribution < 1.29 is 48.1 Å². The van der Waals surface area contributed by atoms with Gasteiger partial charge in [-0.05, 0) is 52.9 Å². The van der Waals surface area contributed by atoms with Crippen molar-refractivity contribution in [1.29, 1.82) is 0 Å². The lowest BCUT2D eigenvalue weighted by Gasteiger charge is -2.46. The number of amides is 6. The molecular weight excluding hydrogens is 935 g/mol. The number of cyclic esters (lactones) is 1. The molecular formula is C54H55N9O10. The first kappa shape index (κ1) is 49.6. The predicted octanol–water partition coefficient (Wildman–Crippen LogP) is 3.79. The number of hydrogen-bond donors (Lipinski definition) is 4. The second-order valence-corrected chi connectivity index (χ2v) is 18.3. The average Bonchev–Trinajstić information content (AvgIpc) is 3.87. The first-order chi connectivity index (χ1) is 35.4. The summed E-state index contributed by atoms with van der Waals surface area (Å²) in [6, 6.07) is 25.2. The number of aliphatic hydroxyl groups excluding tert-OH is 1. The highest BCUT2D eigenvalue weighted by Crippen LogP contribution is 2.67. The zero-order valence-corrected chi connectivity index (χ0v) is 40.4. The number of aromatic nitrogens is 2. The van der Waals surface area contributed by atoms with Gasteiger partial charge in [-0.3, -0.25) is 19.3 Å². The molecule has 6 amide bonds. The van der Waals surface area contributed by atoms with E-state index < -0.39 is 83.3 Å². The molecule has 4 aromatic carbocycles. The molecule has 0 bridgehead atoms. The molecule has 0 radical (unpaired) electrons. The fourth-order valence-corrected chi connectivity index (χ4v) is 10.8. The summed E-state index contributed by atoms with van der Waals surface area (Å²) in [5, 5.41) is 15.4. The maximum atomic E-state index is 16.9. The van der Waals surface area contributed by atoms with Gasteiger partial charge in [-0.1, -0.05) is 105 Å². The third-order valence-corrected chi connectivity index (χ3v) is 13.9. The van der Waals surface area contributed by atoms with E-state index in [4.69, 9.17) is 19.9 Å². The highest BCUT2D eigenvalue weighted by molar-refractivity contribution is 6.25. The number of anilines is 2. The Kier molecular flexibility index (Phi) is 14.4. The van der Waals surface area contributed by atoms with Crippen LogP contribution in [-0.4, -0.2) is 126 Å². The first-order valence-corrected chi connectivity index (χ1v) is 24.0. The third kappa shape index (κ3) is 9.15. The van der Waals surface area contributed by atoms with Crippen LogP contribution in [0, 0.1) is 23.7 Å². The normalized spacial score (nSPS) is 22.6. The van der Waals surface area contributed by atoms with Crippen molar-refractivity contribution in [3.05, 3.63) is 149 Å². The number of carbonyl (C=O) groups is 6. The molecule has 5 heterocycles. The van der Waals surface area contributed by atoms with Gasteiger partial charge < -0.3 is 45.5 Å². The summed E-state index contributed by atoms with van der Waals surface area (Å²) in [5.41, 5.74) is 5.39. The molecule has 0 unspecified atom stereocenters. The highest BCUT2D eigenvalue weighted by Gasteiger charge is 2.76. The molecule has 5 aromatic rings. The Morgan fingerprint density at radius 1 is 0.877 bits per heavy atom. The fourth-order valence-electron chi connectivity index (χ4n) is 10.8. The van der Waals surface area contributed by atoms with Crippen LogP contribution in [0.4, 0.5) is 21.2 Å². The van der Waals surface area contributed by atoms with Crippen LogP contribution in [0.1, 0.15) is 59.9 Å². The number of imide groups is 1. The average molecular weight is 990 g/mol. The second kappa shape index (κ2) is 21.2. The standard InChI is InChI=1S/C54H55N9O10/c1-33(2)42(48(66)71-3)59-53(70)62-39-22-21-34(14-12-23-56-51(55)69)32-38(39)54(50(62)68)41(47(65)60-26-28-61(29-27-60)52-57-24-13-25-58-52)44-49(67)73-45(36-17-8-5-9-18-36)43(35-15-6-4-7-16-35)63(44)46(54)37-19-10-11-20-40(37)72-31-30-64/h4-11,13,15-22,24-25,32-33,41-46,64H,23,26-31H2,1-3H3,(H,59,70)(H3,55,56,69)/t41-,42-,43-,44-,45+,46+,54-/m0/s1. The number of nitrogens with two attached hydrogens (primary N) is 1. The van der Waals surface area contributed by atoms with Crippen LogP contribution in [0.5, 0.6) is 5.75 Å². The van der Waals surface area contributed by atoms with Crippen molar-refractivity contribution in [2.75, 3.05) is 62.8 Å². The molecule has 1 aromatic heterocycles. The van der Waals surface area contributed by atoms with E-state index in [-0.39, 0.29) is 49.8 Å². The van der Waals surface area contributed by atoms with Gasteiger partial charge >= 0.3 is 24.0 Å². The molecule has 1 spiro atoms. The van der Waals surface area contributed by atoms with Crippen molar-refractivity contribution in [2.45, 2.75) is 49.5 Å². The molecule has 376 valence electrons. The number of morpholine rings is 1. The Balaban J connectivity index is 1.34. The van der Waals surface area contributed by atoms with E-state index in [2.05, 4.69) is 32.4 Å². The van der Waals surface area contributed by atoms with E-state index in [0.29, 0.717) is 41.3 Å². The fraction of sp³-hybridized carbons (Fsp3) is 0.333. The maximum Gasteiger partial charge on any atom is 0.329 e. The van der Waals surface area contributed by atoms with E-state index in [1.54, 1.807) is 73.6 Å². The number of piperazine rings is 1. The lowest BCUT2D eigenvalue weighted by molar-refractivity contribution is -0.179. The first-order valence-electron chi connectivity index (χ1n) is 24.0. The maximum absolute atomic E-state index is 16.9. The summed E-state index contributed by atoms with van der Waals surface area (Å²) in [6.45, 7) is 3.67. The number of benzene rings is 4. The van der Waals surface area contributed by atoms with Gasteiger partial charge in [0.25, 0.3) is 0 Å². The van der Waals surface area contributed by atoms with Gasteiger partial charge in [0.2, 0.25) is 17.8 Å².